The summed E-state index contributed by atoms with van der Waals surface area (Å²) in [5.74, 6) is 3.36. The molecule has 26 heavy (non-hydrogen) atoms. The van der Waals surface area contributed by atoms with Crippen molar-refractivity contribution in [3.8, 4) is 0 Å². The summed E-state index contributed by atoms with van der Waals surface area (Å²) in [5, 5.41) is 1.01. The number of carbonyl (C=O) groups is 1. The van der Waals surface area contributed by atoms with Crippen LogP contribution in [0.4, 0.5) is 0 Å². The fourth-order valence-corrected chi connectivity index (χ4v) is 8.23. The van der Waals surface area contributed by atoms with Crippen LogP contribution in [0.15, 0.2) is 11.6 Å². The van der Waals surface area contributed by atoms with Crippen LogP contribution < -0.4 is 0 Å². The van der Waals surface area contributed by atoms with Gasteiger partial charge in [-0.25, -0.2) is 0 Å². The summed E-state index contributed by atoms with van der Waals surface area (Å²) < 4.78 is 5.60. The van der Waals surface area contributed by atoms with Crippen LogP contribution in [-0.4, -0.2) is 17.4 Å². The molecule has 0 saturated heterocycles. The molecule has 0 unspecified atom stereocenters. The van der Waals surface area contributed by atoms with Crippen LogP contribution in [0.25, 0.3) is 0 Å². The number of carbonyl (C=O) groups excluding carboxylic acids is 1. The zero-order valence-electron chi connectivity index (χ0n) is 16.7. The SMILES string of the molecule is CC(=O)O[C@H]1CC[C@@]2(C)[C@@H](CC[C@@H]3[C@@H]2CC[C@]2(C)/C(=C/CBr)CC[C@@H]32)C1. The molecule has 0 aromatic heterocycles. The molecule has 0 radical (unpaired) electrons. The first kappa shape index (κ1) is 19.0. The van der Waals surface area contributed by atoms with Crippen LogP contribution >= 0.6 is 15.9 Å². The van der Waals surface area contributed by atoms with E-state index in [1.54, 1.807) is 12.5 Å². The first-order valence-corrected chi connectivity index (χ1v) is 11.9. The highest BCUT2D eigenvalue weighted by Gasteiger charge is 2.59. The van der Waals surface area contributed by atoms with Gasteiger partial charge in [-0.1, -0.05) is 41.4 Å². The number of hydrogen-bond acceptors (Lipinski definition) is 2. The highest BCUT2D eigenvalue weighted by Crippen LogP contribution is 2.67. The maximum absolute atomic E-state index is 11.4. The van der Waals surface area contributed by atoms with Gasteiger partial charge in [0.25, 0.3) is 0 Å². The Hall–Kier alpha value is -0.310. The van der Waals surface area contributed by atoms with Gasteiger partial charge in [-0.2, -0.15) is 0 Å². The Labute approximate surface area is 167 Å². The molecule has 0 amide bonds. The zero-order valence-corrected chi connectivity index (χ0v) is 18.3. The Balaban J connectivity index is 1.54. The van der Waals surface area contributed by atoms with Crippen LogP contribution in [0.3, 0.4) is 0 Å². The summed E-state index contributed by atoms with van der Waals surface area (Å²) in [6.45, 7) is 6.72. The number of esters is 1. The third kappa shape index (κ3) is 2.91. The van der Waals surface area contributed by atoms with Crippen molar-refractivity contribution in [2.45, 2.75) is 84.7 Å². The van der Waals surface area contributed by atoms with Gasteiger partial charge in [0.05, 0.1) is 0 Å². The molecule has 4 rings (SSSR count). The maximum atomic E-state index is 11.4. The molecule has 0 N–H and O–H groups in total. The molecule has 3 heteroatoms. The molecule has 4 aliphatic rings. The van der Waals surface area contributed by atoms with E-state index >= 15 is 0 Å². The summed E-state index contributed by atoms with van der Waals surface area (Å²) in [5.41, 5.74) is 2.68. The lowest BCUT2D eigenvalue weighted by Crippen LogP contribution is -2.53. The third-order valence-electron chi connectivity index (χ3n) is 9.12. The van der Waals surface area contributed by atoms with E-state index in [-0.39, 0.29) is 12.1 Å². The van der Waals surface area contributed by atoms with Gasteiger partial charge >= 0.3 is 5.97 Å². The summed E-state index contributed by atoms with van der Waals surface area (Å²) >= 11 is 3.63. The van der Waals surface area contributed by atoms with Gasteiger partial charge in [0, 0.05) is 12.3 Å². The number of halogens is 1. The Kier molecular flexibility index (Phi) is 5.08. The summed E-state index contributed by atoms with van der Waals surface area (Å²) in [4.78, 5) is 11.4. The van der Waals surface area contributed by atoms with Crippen LogP contribution in [-0.2, 0) is 9.53 Å². The predicted octanol–water partition coefficient (Wildman–Crippen LogP) is 6.28. The number of fused-ring (bicyclic) bond motifs is 5. The lowest BCUT2D eigenvalue weighted by molar-refractivity contribution is -0.158. The normalized spacial score (nSPS) is 49.2. The summed E-state index contributed by atoms with van der Waals surface area (Å²) in [7, 11) is 0. The largest absolute Gasteiger partial charge is 0.463 e. The number of ether oxygens (including phenoxy) is 1. The van der Waals surface area contributed by atoms with Gasteiger partial charge in [-0.3, -0.25) is 4.79 Å². The Bertz CT molecular complexity index is 599. The minimum atomic E-state index is -0.0993. The van der Waals surface area contributed by atoms with Crippen molar-refractivity contribution in [3.05, 3.63) is 11.6 Å². The van der Waals surface area contributed by atoms with Crippen LogP contribution in [0.1, 0.15) is 78.6 Å². The van der Waals surface area contributed by atoms with Gasteiger partial charge < -0.3 is 4.74 Å². The van der Waals surface area contributed by atoms with Crippen LogP contribution in [0, 0.1) is 34.5 Å². The molecule has 146 valence electrons. The van der Waals surface area contributed by atoms with E-state index in [4.69, 9.17) is 4.74 Å². The second kappa shape index (κ2) is 6.94. The standard InChI is InChI=1S/C23H35BrO2/c1-15(25)26-18-8-11-23(3)17(14-18)4-6-19-20-7-5-16(10-13-24)22(20,2)12-9-21(19)23/h10,17-21H,4-9,11-14H2,1-3H3/b16-10+/t17-,18-,19-,20-,21-,22+,23-/m0/s1. The van der Waals surface area contributed by atoms with E-state index in [1.165, 1.54) is 44.9 Å². The van der Waals surface area contributed by atoms with Gasteiger partial charge in [-0.15, -0.1) is 0 Å². The van der Waals surface area contributed by atoms with E-state index in [1.807, 2.05) is 0 Å². The first-order valence-electron chi connectivity index (χ1n) is 10.8. The monoisotopic (exact) mass is 422 g/mol. The average molecular weight is 423 g/mol. The lowest BCUT2D eigenvalue weighted by Gasteiger charge is -2.60. The van der Waals surface area contributed by atoms with Gasteiger partial charge in [0.2, 0.25) is 0 Å². The average Bonchev–Trinajstić information content (AvgIpc) is 2.92. The third-order valence-corrected chi connectivity index (χ3v) is 9.45. The molecule has 4 saturated carbocycles. The molecule has 0 aliphatic heterocycles. The first-order chi connectivity index (χ1) is 12.4. The van der Waals surface area contributed by atoms with Crippen molar-refractivity contribution in [2.24, 2.45) is 34.5 Å². The second-order valence-electron chi connectivity index (χ2n) is 10.0. The van der Waals surface area contributed by atoms with Crippen LogP contribution in [0.5, 0.6) is 0 Å². The molecule has 7 atom stereocenters. The molecule has 0 bridgehead atoms. The van der Waals surface area contributed by atoms with Crippen molar-refractivity contribution in [3.63, 3.8) is 0 Å². The number of allylic oxidation sites excluding steroid dienone is 2. The molecule has 2 nitrogen and oxygen atoms in total. The fraction of sp³-hybridized carbons (Fsp3) is 0.870. The number of alkyl halides is 1. The van der Waals surface area contributed by atoms with Crippen molar-refractivity contribution in [1.82, 2.24) is 0 Å². The van der Waals surface area contributed by atoms with Crippen molar-refractivity contribution >= 4 is 21.9 Å². The Morgan fingerprint density at radius 2 is 1.96 bits per heavy atom. The van der Waals surface area contributed by atoms with Crippen molar-refractivity contribution in [2.75, 3.05) is 5.33 Å². The summed E-state index contributed by atoms with van der Waals surface area (Å²) in [6, 6.07) is 0. The Morgan fingerprint density at radius 3 is 2.69 bits per heavy atom. The molecule has 0 spiro atoms. The van der Waals surface area contributed by atoms with Gasteiger partial charge in [0.15, 0.2) is 0 Å². The van der Waals surface area contributed by atoms with E-state index in [2.05, 4.69) is 35.9 Å². The van der Waals surface area contributed by atoms with E-state index in [0.717, 1.165) is 41.8 Å². The van der Waals surface area contributed by atoms with E-state index < -0.39 is 0 Å². The smallest absolute Gasteiger partial charge is 0.302 e. The highest BCUT2D eigenvalue weighted by atomic mass is 79.9. The topological polar surface area (TPSA) is 26.3 Å². The number of hydrogen-bond donors (Lipinski definition) is 0. The van der Waals surface area contributed by atoms with Crippen molar-refractivity contribution in [1.29, 1.82) is 0 Å². The van der Waals surface area contributed by atoms with Gasteiger partial charge in [-0.05, 0) is 92.3 Å². The predicted molar refractivity (Wildman–Crippen MR) is 109 cm³/mol. The highest BCUT2D eigenvalue weighted by molar-refractivity contribution is 9.09. The second-order valence-corrected chi connectivity index (χ2v) is 10.7. The molecular formula is C23H35BrO2. The fourth-order valence-electron chi connectivity index (χ4n) is 7.84. The minimum Gasteiger partial charge on any atom is -0.463 e. The minimum absolute atomic E-state index is 0.0993. The summed E-state index contributed by atoms with van der Waals surface area (Å²) in [6.07, 6.45) is 14.4. The lowest BCUT2D eigenvalue weighted by atomic mass is 9.45. The molecule has 0 heterocycles. The molecular weight excluding hydrogens is 388 g/mol. The molecule has 4 fully saturated rings. The quantitative estimate of drug-likeness (QED) is 0.297. The zero-order chi connectivity index (χ0) is 18.5. The molecule has 0 aromatic rings. The van der Waals surface area contributed by atoms with E-state index in [0.29, 0.717) is 10.8 Å². The van der Waals surface area contributed by atoms with Crippen LogP contribution in [0.2, 0.25) is 0 Å². The number of rotatable bonds is 2. The van der Waals surface area contributed by atoms with E-state index in [9.17, 15) is 4.79 Å². The van der Waals surface area contributed by atoms with Gasteiger partial charge in [0.1, 0.15) is 6.10 Å². The van der Waals surface area contributed by atoms with Crippen molar-refractivity contribution < 1.29 is 9.53 Å². The maximum Gasteiger partial charge on any atom is 0.302 e. The molecule has 0 aromatic carbocycles. The molecule has 4 aliphatic carbocycles. The Morgan fingerprint density at radius 1 is 1.15 bits per heavy atom.